The molecule has 0 spiro atoms. The summed E-state index contributed by atoms with van der Waals surface area (Å²) < 4.78 is 29.6. The summed E-state index contributed by atoms with van der Waals surface area (Å²) in [5, 5.41) is 76.2. The van der Waals surface area contributed by atoms with Crippen LogP contribution in [0.1, 0.15) is 72.0 Å². The fraction of sp³-hybridized carbons (Fsp3) is 0.141. The number of rotatable bonds is 22. The molecule has 11 aromatic rings. The summed E-state index contributed by atoms with van der Waals surface area (Å²) in [6.45, 7) is 1.95. The van der Waals surface area contributed by atoms with Gasteiger partial charge in [-0.3, -0.25) is 29.9 Å². The largest absolute Gasteiger partial charge is 0.619 e. The van der Waals surface area contributed by atoms with Gasteiger partial charge in [0, 0.05) is 119 Å². The van der Waals surface area contributed by atoms with E-state index in [4.69, 9.17) is 46.4 Å². The lowest BCUT2D eigenvalue weighted by Gasteiger charge is -2.23. The summed E-state index contributed by atoms with van der Waals surface area (Å²) >= 11 is 25.2. The molecular weight excluding hydrogens is 1240 g/mol. The number of aromatic amines is 4. The van der Waals surface area contributed by atoms with Gasteiger partial charge in [0.15, 0.2) is 24.8 Å². The molecule has 0 aliphatic carbocycles. The second kappa shape index (κ2) is 29.2. The number of hydrogen-bond donors (Lipinski definition) is 10. The van der Waals surface area contributed by atoms with E-state index in [0.29, 0.717) is 76.4 Å². The van der Waals surface area contributed by atoms with E-state index in [2.05, 4.69) is 51.2 Å². The van der Waals surface area contributed by atoms with Crippen LogP contribution in [0.4, 0.5) is 8.78 Å². The number of carbonyl (C=O) groups is 2. The van der Waals surface area contributed by atoms with Gasteiger partial charge in [-0.15, -0.1) is 0 Å². The maximum atomic E-state index is 13.6. The molecule has 7 heterocycles. The van der Waals surface area contributed by atoms with Gasteiger partial charge in [-0.05, 0) is 98.6 Å². The van der Waals surface area contributed by atoms with Gasteiger partial charge in [-0.25, -0.2) is 8.78 Å². The smallest absolute Gasteiger partial charge is 0.268 e. The first-order valence-corrected chi connectivity index (χ1v) is 29.2. The van der Waals surface area contributed by atoms with Crippen LogP contribution in [-0.4, -0.2) is 75.7 Å². The van der Waals surface area contributed by atoms with Crippen molar-refractivity contribution in [3.05, 3.63) is 276 Å². The van der Waals surface area contributed by atoms with Crippen molar-refractivity contribution in [2.75, 3.05) is 13.2 Å². The third-order valence-corrected chi connectivity index (χ3v) is 15.9. The van der Waals surface area contributed by atoms with E-state index in [-0.39, 0.29) is 21.4 Å². The molecule has 0 radical (unpaired) electrons. The second-order valence-corrected chi connectivity index (χ2v) is 22.4. The second-order valence-electron chi connectivity index (χ2n) is 20.8. The summed E-state index contributed by atoms with van der Waals surface area (Å²) in [7, 11) is 0. The molecule has 20 nitrogen and oxygen atoms in total. The first-order chi connectivity index (χ1) is 43.5. The Hall–Kier alpha value is -9.49. The minimum atomic E-state index is -0.797. The summed E-state index contributed by atoms with van der Waals surface area (Å²) in [6, 6.07) is 32.0. The fourth-order valence-electron chi connectivity index (χ4n) is 9.82. The normalized spacial score (nSPS) is 11.9. The minimum Gasteiger partial charge on any atom is -0.619 e. The average molecular weight is 1300 g/mol. The number of aliphatic hydroxyl groups excluding tert-OH is 2. The SMILES string of the molecule is O=C(N[C@H](CO)c1ccc(F)c(Cl)c1)c1cc(-c2[nH]ncc2-c2ccc(CN(Cc3cc[n+]([O-])cc3)Cc3cc[n+](O)cc3)c(Cl)c2)c[nH]1.O=C(N[C@H](CO)c1ccc(F)c(Cl)c1)c1cc(-c2[nH]ncc2-c2ccc(CNCc3cc[n+]([O-])cc3)c(Cl)c2)c[nH]1. The Kier molecular flexibility index (Phi) is 20.6. The van der Waals surface area contributed by atoms with Gasteiger partial charge in [0.2, 0.25) is 12.4 Å². The van der Waals surface area contributed by atoms with Crippen LogP contribution in [0.3, 0.4) is 0 Å². The summed E-state index contributed by atoms with van der Waals surface area (Å²) in [5.41, 5.74) is 12.1. The molecule has 11 rings (SSSR count). The number of benzene rings is 4. The zero-order valence-corrected chi connectivity index (χ0v) is 50.4. The molecular formula is C64H56Cl4F2N13O7+. The average Bonchev–Trinajstić information content (AvgIpc) is 1.93. The molecule has 0 bridgehead atoms. The van der Waals surface area contributed by atoms with Crippen LogP contribution in [0.15, 0.2) is 183 Å². The van der Waals surface area contributed by atoms with E-state index in [1.165, 1.54) is 61.2 Å². The van der Waals surface area contributed by atoms with Crippen molar-refractivity contribution >= 4 is 58.2 Å². The third kappa shape index (κ3) is 15.8. The lowest BCUT2D eigenvalue weighted by Crippen LogP contribution is -2.31. The van der Waals surface area contributed by atoms with Gasteiger partial charge in [0.1, 0.15) is 23.0 Å². The lowest BCUT2D eigenvalue weighted by molar-refractivity contribution is -0.904. The van der Waals surface area contributed by atoms with Crippen LogP contribution >= 0.6 is 46.4 Å². The van der Waals surface area contributed by atoms with Crippen LogP contribution in [0, 0.1) is 22.0 Å². The van der Waals surface area contributed by atoms with Crippen LogP contribution in [-0.2, 0) is 32.7 Å². The standard InChI is InChI=1S/C35H30Cl2FN7O4.C29H25Cl2FN6O3/c36-29-13-24(1-2-26(29)20-43(18-22-5-9-44(48)10-6-22)19-23-7-11-45(49)12-8-23)28-17-40-42-34(28)27-15-32(39-16-27)35(47)41-33(21-46)25-3-4-31(38)30(37)14-25;30-23-9-18(1-2-20(23)13-33-12-17-5-7-38(41)8-6-17)22-15-35-37-28(22)21-11-26(34-14-21)29(40)36-27(16-39)19-3-4-25(32)24(31)10-19/h1-17,33,46H,18-21H2,(H3-,39,40,41,42,47,48);1-11,14-15,27,33-34,39H,12-13,16H2,(H,35,37)(H,36,40)/p+1/t33-;27-/m11/s1. The minimum absolute atomic E-state index is 0.0974. The first kappa shape index (κ1) is 63.5. The van der Waals surface area contributed by atoms with Crippen molar-refractivity contribution < 1.29 is 48.0 Å². The number of aromatic nitrogens is 9. The van der Waals surface area contributed by atoms with E-state index >= 15 is 0 Å². The number of hydrogen-bond acceptors (Lipinski definition) is 11. The Morgan fingerprint density at radius 3 is 1.42 bits per heavy atom. The highest BCUT2D eigenvalue weighted by molar-refractivity contribution is 6.32. The molecule has 0 fully saturated rings. The zero-order valence-electron chi connectivity index (χ0n) is 47.4. The quantitative estimate of drug-likeness (QED) is 0.0173. The van der Waals surface area contributed by atoms with Gasteiger partial charge < -0.3 is 46.5 Å². The summed E-state index contributed by atoms with van der Waals surface area (Å²) in [5.74, 6) is -2.11. The number of aliphatic hydroxyl groups is 2. The first-order valence-electron chi connectivity index (χ1n) is 27.7. The Morgan fingerprint density at radius 2 is 0.978 bits per heavy atom. The zero-order chi connectivity index (χ0) is 63.4. The van der Waals surface area contributed by atoms with Crippen LogP contribution in [0.25, 0.3) is 44.8 Å². The predicted molar refractivity (Wildman–Crippen MR) is 333 cm³/mol. The monoisotopic (exact) mass is 1300 g/mol. The van der Waals surface area contributed by atoms with E-state index in [9.17, 15) is 44.2 Å². The molecule has 0 aliphatic rings. The topological polar surface area (TPSA) is 281 Å². The molecule has 460 valence electrons. The van der Waals surface area contributed by atoms with Gasteiger partial charge >= 0.3 is 0 Å². The number of pyridine rings is 3. The maximum Gasteiger partial charge on any atom is 0.268 e. The summed E-state index contributed by atoms with van der Waals surface area (Å²) in [4.78, 5) is 34.1. The highest BCUT2D eigenvalue weighted by Crippen LogP contribution is 2.36. The molecule has 7 aromatic heterocycles. The molecule has 2 atom stereocenters. The number of nitrogens with one attached hydrogen (secondary N) is 7. The van der Waals surface area contributed by atoms with E-state index in [1.54, 1.807) is 73.6 Å². The van der Waals surface area contributed by atoms with Crippen molar-refractivity contribution in [3.8, 4) is 44.8 Å². The predicted octanol–water partition coefficient (Wildman–Crippen LogP) is 10.2. The molecule has 0 saturated carbocycles. The van der Waals surface area contributed by atoms with Crippen molar-refractivity contribution in [1.29, 1.82) is 0 Å². The van der Waals surface area contributed by atoms with Crippen molar-refractivity contribution in [1.82, 2.24) is 51.2 Å². The molecule has 0 aliphatic heterocycles. The fourth-order valence-corrected chi connectivity index (χ4v) is 10.7. The summed E-state index contributed by atoms with van der Waals surface area (Å²) in [6.07, 6.45) is 15.7. The van der Waals surface area contributed by atoms with Gasteiger partial charge in [0.05, 0.1) is 59.1 Å². The molecule has 4 aromatic carbocycles. The molecule has 2 amide bonds. The number of H-pyrrole nitrogens is 4. The Bertz CT molecular complexity index is 4230. The number of nitrogens with zero attached hydrogens (tertiary/aromatic N) is 6. The van der Waals surface area contributed by atoms with Crippen LogP contribution < -0.4 is 30.1 Å². The lowest BCUT2D eigenvalue weighted by atomic mass is 10.0. The maximum absolute atomic E-state index is 13.6. The Morgan fingerprint density at radius 1 is 0.533 bits per heavy atom. The van der Waals surface area contributed by atoms with Crippen LogP contribution in [0.5, 0.6) is 0 Å². The van der Waals surface area contributed by atoms with E-state index in [1.807, 2.05) is 48.5 Å². The third-order valence-electron chi connectivity index (χ3n) is 14.6. The molecule has 90 heavy (non-hydrogen) atoms. The van der Waals surface area contributed by atoms with E-state index < -0.39 is 48.7 Å². The molecule has 0 saturated heterocycles. The van der Waals surface area contributed by atoms with Crippen LogP contribution in [0.2, 0.25) is 20.1 Å². The molecule has 26 heteroatoms. The molecule has 0 unspecified atom stereocenters. The Labute approximate surface area is 533 Å². The molecule has 10 N–H and O–H groups in total. The van der Waals surface area contributed by atoms with Gasteiger partial charge in [-0.2, -0.15) is 19.7 Å². The van der Waals surface area contributed by atoms with Gasteiger partial charge in [-0.1, -0.05) is 82.8 Å². The number of amides is 2. The highest BCUT2D eigenvalue weighted by Gasteiger charge is 2.23. The number of halogens is 6. The number of carbonyl (C=O) groups excluding carboxylic acids is 2. The van der Waals surface area contributed by atoms with E-state index in [0.717, 1.165) is 64.3 Å². The van der Waals surface area contributed by atoms with Crippen molar-refractivity contribution in [2.24, 2.45) is 0 Å². The highest BCUT2D eigenvalue weighted by atomic mass is 35.5. The Balaban J connectivity index is 0.000000201. The van der Waals surface area contributed by atoms with Crippen molar-refractivity contribution in [3.63, 3.8) is 0 Å². The van der Waals surface area contributed by atoms with Gasteiger partial charge in [0.25, 0.3) is 11.8 Å². The van der Waals surface area contributed by atoms with Crippen molar-refractivity contribution in [2.45, 2.75) is 44.8 Å².